The van der Waals surface area contributed by atoms with Crippen molar-refractivity contribution >= 4 is 17.7 Å². The van der Waals surface area contributed by atoms with E-state index in [1.54, 1.807) is 12.1 Å². The molecule has 0 aliphatic heterocycles. The molecule has 0 fully saturated rings. The molecule has 1 atom stereocenters. The van der Waals surface area contributed by atoms with Crippen LogP contribution >= 0.6 is 11.8 Å². The minimum atomic E-state index is -0.465. The van der Waals surface area contributed by atoms with Crippen molar-refractivity contribution in [3.8, 4) is 0 Å². The Labute approximate surface area is 112 Å². The number of thioether (sulfide) groups is 1. The molecule has 1 N–H and O–H groups in total. The van der Waals surface area contributed by atoms with Crippen molar-refractivity contribution in [1.29, 1.82) is 0 Å². The van der Waals surface area contributed by atoms with Gasteiger partial charge in [-0.1, -0.05) is 18.6 Å². The molecular formula is C14H20FNOS. The third-order valence-electron chi connectivity index (χ3n) is 2.64. The van der Waals surface area contributed by atoms with Gasteiger partial charge in [-0.25, -0.2) is 4.39 Å². The number of nitrogens with one attached hydrogen (secondary N) is 1. The third kappa shape index (κ3) is 4.69. The minimum Gasteiger partial charge on any atom is -0.349 e. The number of benzene rings is 1. The summed E-state index contributed by atoms with van der Waals surface area (Å²) in [4.78, 5) is 11.9. The first-order chi connectivity index (χ1) is 8.54. The summed E-state index contributed by atoms with van der Waals surface area (Å²) < 4.78 is 13.5. The molecule has 0 spiro atoms. The first-order valence-electron chi connectivity index (χ1n) is 6.19. The molecular weight excluding hydrogens is 249 g/mol. The Morgan fingerprint density at radius 2 is 2.22 bits per heavy atom. The molecule has 2 nitrogen and oxygen atoms in total. The van der Waals surface area contributed by atoms with E-state index in [0.717, 1.165) is 23.5 Å². The van der Waals surface area contributed by atoms with E-state index < -0.39 is 5.82 Å². The lowest BCUT2D eigenvalue weighted by atomic mass is 10.1. The molecule has 1 unspecified atom stereocenters. The van der Waals surface area contributed by atoms with Gasteiger partial charge in [-0.3, -0.25) is 4.79 Å². The molecule has 0 bridgehead atoms. The summed E-state index contributed by atoms with van der Waals surface area (Å²) in [6, 6.07) is 4.64. The second kappa shape index (κ2) is 7.41. The zero-order chi connectivity index (χ0) is 13.5. The van der Waals surface area contributed by atoms with E-state index in [-0.39, 0.29) is 17.5 Å². The quantitative estimate of drug-likeness (QED) is 0.802. The zero-order valence-electron chi connectivity index (χ0n) is 11.1. The molecule has 0 aromatic heterocycles. The van der Waals surface area contributed by atoms with Gasteiger partial charge in [-0.05, 0) is 43.9 Å². The minimum absolute atomic E-state index is 0.0662. The molecule has 0 saturated carbocycles. The average molecular weight is 269 g/mol. The van der Waals surface area contributed by atoms with Gasteiger partial charge < -0.3 is 5.32 Å². The van der Waals surface area contributed by atoms with Gasteiger partial charge in [0, 0.05) is 6.04 Å². The monoisotopic (exact) mass is 269 g/mol. The average Bonchev–Trinajstić information content (AvgIpc) is 2.32. The highest BCUT2D eigenvalue weighted by Crippen LogP contribution is 2.11. The normalized spacial score (nSPS) is 12.2. The number of rotatable bonds is 6. The number of carbonyl (C=O) groups excluding carboxylic acids is 1. The van der Waals surface area contributed by atoms with Crippen molar-refractivity contribution < 1.29 is 9.18 Å². The molecule has 1 rings (SSSR count). The van der Waals surface area contributed by atoms with Crippen molar-refractivity contribution in [2.24, 2.45) is 0 Å². The number of halogens is 1. The van der Waals surface area contributed by atoms with E-state index in [1.165, 1.54) is 6.07 Å². The van der Waals surface area contributed by atoms with Crippen LogP contribution in [0.25, 0.3) is 0 Å². The highest BCUT2D eigenvalue weighted by Gasteiger charge is 2.13. The second-order valence-electron chi connectivity index (χ2n) is 4.34. The predicted octanol–water partition coefficient (Wildman–Crippen LogP) is 3.40. The molecule has 0 radical (unpaired) electrons. The fourth-order valence-electron chi connectivity index (χ4n) is 1.59. The molecule has 100 valence electrons. The number of carbonyl (C=O) groups is 1. The Balaban J connectivity index is 2.56. The third-order valence-corrected chi connectivity index (χ3v) is 3.58. The van der Waals surface area contributed by atoms with Crippen LogP contribution in [0.1, 0.15) is 36.2 Å². The second-order valence-corrected chi connectivity index (χ2v) is 5.74. The smallest absolute Gasteiger partial charge is 0.254 e. The fraction of sp³-hybridized carbons (Fsp3) is 0.500. The molecule has 1 aromatic rings. The van der Waals surface area contributed by atoms with Crippen molar-refractivity contribution in [1.82, 2.24) is 5.32 Å². The Hall–Kier alpha value is -1.03. The summed E-state index contributed by atoms with van der Waals surface area (Å²) in [6.07, 6.45) is 0.900. The largest absolute Gasteiger partial charge is 0.349 e. The van der Waals surface area contributed by atoms with Crippen LogP contribution in [-0.4, -0.2) is 23.5 Å². The van der Waals surface area contributed by atoms with E-state index in [2.05, 4.69) is 12.2 Å². The SMILES string of the molecule is CCSCCC(C)NC(=O)c1cc(C)ccc1F. The van der Waals surface area contributed by atoms with Gasteiger partial charge in [0.2, 0.25) is 0 Å². The Morgan fingerprint density at radius 3 is 2.89 bits per heavy atom. The van der Waals surface area contributed by atoms with Crippen LogP contribution in [0.5, 0.6) is 0 Å². The van der Waals surface area contributed by atoms with Crippen molar-refractivity contribution in [2.45, 2.75) is 33.2 Å². The Kier molecular flexibility index (Phi) is 6.19. The molecule has 0 saturated heterocycles. The highest BCUT2D eigenvalue weighted by molar-refractivity contribution is 7.99. The van der Waals surface area contributed by atoms with Gasteiger partial charge in [-0.15, -0.1) is 0 Å². The van der Waals surface area contributed by atoms with Crippen molar-refractivity contribution in [3.05, 3.63) is 35.1 Å². The van der Waals surface area contributed by atoms with Crippen LogP contribution in [0.15, 0.2) is 18.2 Å². The van der Waals surface area contributed by atoms with Gasteiger partial charge >= 0.3 is 0 Å². The molecule has 0 heterocycles. The summed E-state index contributed by atoms with van der Waals surface area (Å²) in [5.74, 6) is 1.29. The summed E-state index contributed by atoms with van der Waals surface area (Å²) in [5.41, 5.74) is 1.01. The maximum Gasteiger partial charge on any atom is 0.254 e. The lowest BCUT2D eigenvalue weighted by Crippen LogP contribution is -2.33. The number of hydrogen-bond donors (Lipinski definition) is 1. The number of hydrogen-bond acceptors (Lipinski definition) is 2. The van der Waals surface area contributed by atoms with E-state index >= 15 is 0 Å². The van der Waals surface area contributed by atoms with Gasteiger partial charge in [0.05, 0.1) is 5.56 Å². The molecule has 18 heavy (non-hydrogen) atoms. The standard InChI is InChI=1S/C14H20FNOS/c1-4-18-8-7-11(3)16-14(17)12-9-10(2)5-6-13(12)15/h5-6,9,11H,4,7-8H2,1-3H3,(H,16,17). The number of aryl methyl sites for hydroxylation is 1. The first kappa shape index (κ1) is 15.0. The molecule has 4 heteroatoms. The summed E-state index contributed by atoms with van der Waals surface area (Å²) >= 11 is 1.84. The van der Waals surface area contributed by atoms with Crippen LogP contribution < -0.4 is 5.32 Å². The predicted molar refractivity (Wildman–Crippen MR) is 75.7 cm³/mol. The van der Waals surface area contributed by atoms with Crippen molar-refractivity contribution in [2.75, 3.05) is 11.5 Å². The summed E-state index contributed by atoms with van der Waals surface area (Å²) in [6.45, 7) is 5.90. The maximum atomic E-state index is 13.5. The van der Waals surface area contributed by atoms with E-state index in [4.69, 9.17) is 0 Å². The molecule has 1 aromatic carbocycles. The number of amides is 1. The first-order valence-corrected chi connectivity index (χ1v) is 7.34. The zero-order valence-corrected chi connectivity index (χ0v) is 11.9. The van der Waals surface area contributed by atoms with E-state index in [0.29, 0.717) is 0 Å². The fourth-order valence-corrected chi connectivity index (χ4v) is 2.40. The van der Waals surface area contributed by atoms with Crippen LogP contribution in [0.2, 0.25) is 0 Å². The van der Waals surface area contributed by atoms with Gasteiger partial charge in [-0.2, -0.15) is 11.8 Å². The van der Waals surface area contributed by atoms with Crippen LogP contribution in [0.4, 0.5) is 4.39 Å². The topological polar surface area (TPSA) is 29.1 Å². The van der Waals surface area contributed by atoms with E-state index in [9.17, 15) is 9.18 Å². The van der Waals surface area contributed by atoms with Gasteiger partial charge in [0.25, 0.3) is 5.91 Å². The Morgan fingerprint density at radius 1 is 1.50 bits per heavy atom. The highest BCUT2D eigenvalue weighted by atomic mass is 32.2. The maximum absolute atomic E-state index is 13.5. The van der Waals surface area contributed by atoms with E-state index in [1.807, 2.05) is 25.6 Å². The molecule has 0 aliphatic carbocycles. The lowest BCUT2D eigenvalue weighted by molar-refractivity contribution is 0.0935. The molecule has 1 amide bonds. The molecule has 0 aliphatic rings. The van der Waals surface area contributed by atoms with Crippen LogP contribution in [0, 0.1) is 12.7 Å². The van der Waals surface area contributed by atoms with Gasteiger partial charge in [0.1, 0.15) is 5.82 Å². The van der Waals surface area contributed by atoms with Crippen LogP contribution in [0.3, 0.4) is 0 Å². The van der Waals surface area contributed by atoms with Crippen LogP contribution in [-0.2, 0) is 0 Å². The summed E-state index contributed by atoms with van der Waals surface area (Å²) in [7, 11) is 0. The van der Waals surface area contributed by atoms with Crippen molar-refractivity contribution in [3.63, 3.8) is 0 Å². The van der Waals surface area contributed by atoms with Gasteiger partial charge in [0.15, 0.2) is 0 Å². The lowest BCUT2D eigenvalue weighted by Gasteiger charge is -2.14. The Bertz CT molecular complexity index is 409. The summed E-state index contributed by atoms with van der Waals surface area (Å²) in [5, 5.41) is 2.83.